The highest BCUT2D eigenvalue weighted by molar-refractivity contribution is 5.32. The van der Waals surface area contributed by atoms with Crippen molar-refractivity contribution in [2.45, 2.75) is 6.04 Å². The van der Waals surface area contributed by atoms with Crippen LogP contribution in [0.2, 0.25) is 0 Å². The van der Waals surface area contributed by atoms with Crippen molar-refractivity contribution in [3.63, 3.8) is 0 Å². The largest absolute Gasteiger partial charge is 0.494 e. The molecule has 72 valence electrons. The van der Waals surface area contributed by atoms with E-state index in [-0.39, 0.29) is 12.3 Å². The second-order valence-electron chi connectivity index (χ2n) is 2.71. The van der Waals surface area contributed by atoms with Crippen LogP contribution in [-0.4, -0.2) is 13.7 Å². The smallest absolute Gasteiger partial charge is 0.169 e. The molecule has 0 amide bonds. The SMILES string of the molecule is COc1cccc(C(N)CN)c1F. The van der Waals surface area contributed by atoms with Gasteiger partial charge in [-0.3, -0.25) is 0 Å². The number of ether oxygens (including phenoxy) is 1. The maximum atomic E-state index is 13.4. The summed E-state index contributed by atoms with van der Waals surface area (Å²) in [5.41, 5.74) is 11.3. The molecule has 4 heteroatoms. The minimum absolute atomic E-state index is 0.196. The average molecular weight is 184 g/mol. The fourth-order valence-electron chi connectivity index (χ4n) is 1.10. The predicted molar refractivity (Wildman–Crippen MR) is 48.9 cm³/mol. The number of nitrogens with two attached hydrogens (primary N) is 2. The van der Waals surface area contributed by atoms with Gasteiger partial charge < -0.3 is 16.2 Å². The van der Waals surface area contributed by atoms with Gasteiger partial charge in [0.1, 0.15) is 0 Å². The minimum atomic E-state index is -0.477. The first kappa shape index (κ1) is 9.95. The molecule has 13 heavy (non-hydrogen) atoms. The monoisotopic (exact) mass is 184 g/mol. The van der Waals surface area contributed by atoms with Crippen molar-refractivity contribution >= 4 is 0 Å². The topological polar surface area (TPSA) is 61.3 Å². The first-order valence-electron chi connectivity index (χ1n) is 3.98. The Hall–Kier alpha value is -1.13. The van der Waals surface area contributed by atoms with Crippen LogP contribution < -0.4 is 16.2 Å². The van der Waals surface area contributed by atoms with Crippen LogP contribution >= 0.6 is 0 Å². The Bertz CT molecular complexity index is 291. The van der Waals surface area contributed by atoms with Crippen LogP contribution in [0.1, 0.15) is 11.6 Å². The van der Waals surface area contributed by atoms with Gasteiger partial charge in [0, 0.05) is 18.2 Å². The van der Waals surface area contributed by atoms with E-state index < -0.39 is 11.9 Å². The molecular weight excluding hydrogens is 171 g/mol. The third kappa shape index (κ3) is 1.96. The van der Waals surface area contributed by atoms with E-state index in [4.69, 9.17) is 16.2 Å². The normalized spacial score (nSPS) is 12.6. The highest BCUT2D eigenvalue weighted by Crippen LogP contribution is 2.23. The van der Waals surface area contributed by atoms with Crippen LogP contribution in [-0.2, 0) is 0 Å². The second-order valence-corrected chi connectivity index (χ2v) is 2.71. The van der Waals surface area contributed by atoms with E-state index in [1.807, 2.05) is 0 Å². The summed E-state index contributed by atoms with van der Waals surface area (Å²) < 4.78 is 18.3. The second kappa shape index (κ2) is 4.20. The molecule has 0 radical (unpaired) electrons. The Labute approximate surface area is 76.5 Å². The number of halogens is 1. The summed E-state index contributed by atoms with van der Waals surface area (Å²) in [7, 11) is 1.41. The van der Waals surface area contributed by atoms with Crippen LogP contribution in [0.5, 0.6) is 5.75 Å². The summed E-state index contributed by atoms with van der Waals surface area (Å²) >= 11 is 0. The Morgan fingerprint density at radius 3 is 2.77 bits per heavy atom. The third-order valence-corrected chi connectivity index (χ3v) is 1.87. The lowest BCUT2D eigenvalue weighted by Gasteiger charge is -2.11. The van der Waals surface area contributed by atoms with Gasteiger partial charge in [-0.1, -0.05) is 12.1 Å². The highest BCUT2D eigenvalue weighted by Gasteiger charge is 2.12. The molecule has 0 aliphatic heterocycles. The lowest BCUT2D eigenvalue weighted by atomic mass is 10.1. The van der Waals surface area contributed by atoms with E-state index in [1.54, 1.807) is 18.2 Å². The summed E-state index contributed by atoms with van der Waals surface area (Å²) in [6.45, 7) is 0.212. The average Bonchev–Trinajstić information content (AvgIpc) is 2.17. The molecule has 1 rings (SSSR count). The van der Waals surface area contributed by atoms with E-state index in [0.717, 1.165) is 0 Å². The standard InChI is InChI=1S/C9H13FN2O/c1-13-8-4-2-3-6(9(8)10)7(12)5-11/h2-4,7H,5,11-12H2,1H3. The molecule has 0 aliphatic carbocycles. The number of hydrogen-bond acceptors (Lipinski definition) is 3. The van der Waals surface area contributed by atoms with Crippen molar-refractivity contribution in [1.29, 1.82) is 0 Å². The predicted octanol–water partition coefficient (Wildman–Crippen LogP) is 0.793. The zero-order chi connectivity index (χ0) is 9.84. The Kier molecular flexibility index (Phi) is 3.22. The summed E-state index contributed by atoms with van der Waals surface area (Å²) in [5.74, 6) is -0.232. The highest BCUT2D eigenvalue weighted by atomic mass is 19.1. The summed E-state index contributed by atoms with van der Waals surface area (Å²) in [6.07, 6.45) is 0. The number of methoxy groups -OCH3 is 1. The molecule has 1 atom stereocenters. The summed E-state index contributed by atoms with van der Waals surface area (Å²) in [5, 5.41) is 0. The summed E-state index contributed by atoms with van der Waals surface area (Å²) in [6, 6.07) is 4.36. The van der Waals surface area contributed by atoms with Gasteiger partial charge in [-0.15, -0.1) is 0 Å². The Balaban J connectivity index is 3.08. The van der Waals surface area contributed by atoms with Crippen LogP contribution in [0.15, 0.2) is 18.2 Å². The molecule has 0 saturated carbocycles. The first-order chi connectivity index (χ1) is 6.20. The molecule has 0 aliphatic rings. The van der Waals surface area contributed by atoms with Gasteiger partial charge in [-0.2, -0.15) is 0 Å². The zero-order valence-electron chi connectivity index (χ0n) is 7.46. The quantitative estimate of drug-likeness (QED) is 0.730. The van der Waals surface area contributed by atoms with E-state index >= 15 is 0 Å². The van der Waals surface area contributed by atoms with Crippen molar-refractivity contribution < 1.29 is 9.13 Å². The van der Waals surface area contributed by atoms with Crippen molar-refractivity contribution in [1.82, 2.24) is 0 Å². The van der Waals surface area contributed by atoms with Crippen LogP contribution in [0.25, 0.3) is 0 Å². The van der Waals surface area contributed by atoms with E-state index in [2.05, 4.69) is 0 Å². The fraction of sp³-hybridized carbons (Fsp3) is 0.333. The van der Waals surface area contributed by atoms with Gasteiger partial charge in [0.05, 0.1) is 7.11 Å². The fourth-order valence-corrected chi connectivity index (χ4v) is 1.10. The van der Waals surface area contributed by atoms with E-state index in [0.29, 0.717) is 5.56 Å². The Morgan fingerprint density at radius 2 is 2.23 bits per heavy atom. The molecule has 0 saturated heterocycles. The Morgan fingerprint density at radius 1 is 1.54 bits per heavy atom. The maximum Gasteiger partial charge on any atom is 0.169 e. The number of rotatable bonds is 3. The molecule has 0 fully saturated rings. The zero-order valence-corrected chi connectivity index (χ0v) is 7.46. The van der Waals surface area contributed by atoms with Gasteiger partial charge in [0.2, 0.25) is 0 Å². The van der Waals surface area contributed by atoms with Gasteiger partial charge >= 0.3 is 0 Å². The van der Waals surface area contributed by atoms with Crippen molar-refractivity contribution in [3.8, 4) is 5.75 Å². The van der Waals surface area contributed by atoms with Gasteiger partial charge in [-0.05, 0) is 6.07 Å². The molecule has 1 aromatic rings. The molecule has 1 unspecified atom stereocenters. The molecule has 3 nitrogen and oxygen atoms in total. The maximum absolute atomic E-state index is 13.4. The molecule has 0 heterocycles. The number of benzene rings is 1. The molecular formula is C9H13FN2O. The van der Waals surface area contributed by atoms with E-state index in [9.17, 15) is 4.39 Å². The number of hydrogen-bond donors (Lipinski definition) is 2. The van der Waals surface area contributed by atoms with Crippen molar-refractivity contribution in [2.24, 2.45) is 11.5 Å². The molecule has 0 bridgehead atoms. The lowest BCUT2D eigenvalue weighted by Crippen LogP contribution is -2.22. The van der Waals surface area contributed by atoms with Crippen LogP contribution in [0, 0.1) is 5.82 Å². The molecule has 0 spiro atoms. The van der Waals surface area contributed by atoms with Crippen LogP contribution in [0.3, 0.4) is 0 Å². The molecule has 4 N–H and O–H groups in total. The third-order valence-electron chi connectivity index (χ3n) is 1.87. The van der Waals surface area contributed by atoms with Crippen LogP contribution in [0.4, 0.5) is 4.39 Å². The van der Waals surface area contributed by atoms with Crippen molar-refractivity contribution in [3.05, 3.63) is 29.6 Å². The lowest BCUT2D eigenvalue weighted by molar-refractivity contribution is 0.382. The van der Waals surface area contributed by atoms with Gasteiger partial charge in [0.25, 0.3) is 0 Å². The van der Waals surface area contributed by atoms with E-state index in [1.165, 1.54) is 7.11 Å². The molecule has 0 aromatic heterocycles. The van der Waals surface area contributed by atoms with Gasteiger partial charge in [0.15, 0.2) is 11.6 Å². The van der Waals surface area contributed by atoms with Crippen molar-refractivity contribution in [2.75, 3.05) is 13.7 Å². The summed E-state index contributed by atoms with van der Waals surface area (Å²) in [4.78, 5) is 0. The van der Waals surface area contributed by atoms with Gasteiger partial charge in [-0.25, -0.2) is 4.39 Å². The first-order valence-corrected chi connectivity index (χ1v) is 3.98. The molecule has 1 aromatic carbocycles. The minimum Gasteiger partial charge on any atom is -0.494 e.